The molecule has 33 heavy (non-hydrogen) atoms. The van der Waals surface area contributed by atoms with Crippen LogP contribution in [0.4, 0.5) is 13.2 Å². The van der Waals surface area contributed by atoms with Crippen LogP contribution in [0.25, 0.3) is 0 Å². The second kappa shape index (κ2) is 8.82. The van der Waals surface area contributed by atoms with Gasteiger partial charge in [-0.3, -0.25) is 27.9 Å². The highest BCUT2D eigenvalue weighted by atomic mass is 31.2. The van der Waals surface area contributed by atoms with Crippen LogP contribution >= 0.6 is 7.82 Å². The molecule has 2 saturated heterocycles. The Morgan fingerprint density at radius 2 is 2.00 bits per heavy atom. The van der Waals surface area contributed by atoms with Crippen molar-refractivity contribution in [1.82, 2.24) is 9.55 Å². The van der Waals surface area contributed by atoms with E-state index < -0.39 is 67.5 Å². The number of nitrogens with zero attached hydrogens (tertiary/aromatic N) is 1. The topological polar surface area (TPSA) is 129 Å². The van der Waals surface area contributed by atoms with Gasteiger partial charge in [-0.2, -0.15) is 0 Å². The second-order valence-electron chi connectivity index (χ2n) is 7.80. The summed E-state index contributed by atoms with van der Waals surface area (Å²) in [5.41, 5.74) is -4.05. The standard InChI is InChI=1S/C19H20F3N2O8P/c1-19(22)16(26)14(31-17(19)24-4-2-15(25)23-18(24)27)9-30-33(28)29-5-3-13(32-33)10-6-11(20)8-12(21)7-10/h2,4,6-8,13-14,16-17,26H,3,5,9H2,1H3,(H,23,25,27)/t13-,14-,16-,17-,19-,33+/m1/s1. The average molecular weight is 492 g/mol. The third-order valence-corrected chi connectivity index (χ3v) is 6.84. The third-order valence-electron chi connectivity index (χ3n) is 5.36. The van der Waals surface area contributed by atoms with E-state index in [0.717, 1.165) is 35.9 Å². The molecule has 2 aliphatic rings. The molecule has 1 aromatic carbocycles. The summed E-state index contributed by atoms with van der Waals surface area (Å²) in [6.07, 6.45) is -4.68. The number of alkyl halides is 1. The van der Waals surface area contributed by atoms with E-state index in [1.54, 1.807) is 0 Å². The van der Waals surface area contributed by atoms with Gasteiger partial charge in [-0.1, -0.05) is 0 Å². The first kappa shape index (κ1) is 23.9. The molecule has 0 spiro atoms. The summed E-state index contributed by atoms with van der Waals surface area (Å²) in [6.45, 7) is 0.214. The van der Waals surface area contributed by atoms with Crippen molar-refractivity contribution in [3.8, 4) is 0 Å². The highest BCUT2D eigenvalue weighted by Crippen LogP contribution is 2.57. The Morgan fingerprint density at radius 3 is 2.67 bits per heavy atom. The van der Waals surface area contributed by atoms with Crippen LogP contribution in [-0.2, 0) is 22.9 Å². The highest BCUT2D eigenvalue weighted by Gasteiger charge is 2.56. The fourth-order valence-corrected chi connectivity index (χ4v) is 5.09. The van der Waals surface area contributed by atoms with Crippen LogP contribution in [0.15, 0.2) is 40.1 Å². The minimum Gasteiger partial charge on any atom is -0.387 e. The van der Waals surface area contributed by atoms with E-state index in [1.807, 2.05) is 4.98 Å². The lowest BCUT2D eigenvalue weighted by atomic mass is 9.98. The molecule has 0 aliphatic carbocycles. The van der Waals surface area contributed by atoms with Crippen molar-refractivity contribution in [2.24, 2.45) is 0 Å². The zero-order valence-electron chi connectivity index (χ0n) is 17.2. The maximum absolute atomic E-state index is 15.2. The lowest BCUT2D eigenvalue weighted by Crippen LogP contribution is -2.43. The molecule has 0 bridgehead atoms. The molecule has 1 aromatic heterocycles. The number of phosphoric ester groups is 1. The van der Waals surface area contributed by atoms with Gasteiger partial charge in [-0.15, -0.1) is 0 Å². The van der Waals surface area contributed by atoms with Gasteiger partial charge in [0.05, 0.1) is 19.3 Å². The van der Waals surface area contributed by atoms with Crippen LogP contribution in [0, 0.1) is 11.6 Å². The minimum absolute atomic E-state index is 0.0885. The molecule has 0 unspecified atom stereocenters. The predicted octanol–water partition coefficient (Wildman–Crippen LogP) is 2.10. The Labute approximate surface area is 184 Å². The maximum atomic E-state index is 15.2. The maximum Gasteiger partial charge on any atom is 0.475 e. The summed E-state index contributed by atoms with van der Waals surface area (Å²) in [6, 6.07) is 3.70. The molecule has 3 heterocycles. The molecule has 2 fully saturated rings. The summed E-state index contributed by atoms with van der Waals surface area (Å²) in [5.74, 6) is -1.69. The number of nitrogens with one attached hydrogen (secondary N) is 1. The zero-order valence-corrected chi connectivity index (χ0v) is 18.0. The Balaban J connectivity index is 1.47. The first-order chi connectivity index (χ1) is 15.5. The number of ether oxygens (including phenoxy) is 1. The van der Waals surface area contributed by atoms with Gasteiger partial charge in [-0.05, 0) is 24.6 Å². The summed E-state index contributed by atoms with van der Waals surface area (Å²) >= 11 is 0. The van der Waals surface area contributed by atoms with Gasteiger partial charge in [0, 0.05) is 24.8 Å². The number of phosphoric acid groups is 1. The molecule has 4 rings (SSSR count). The molecule has 0 saturated carbocycles. The molecule has 0 amide bonds. The lowest BCUT2D eigenvalue weighted by molar-refractivity contribution is -0.0654. The number of aliphatic hydroxyl groups is 1. The van der Waals surface area contributed by atoms with Crippen LogP contribution in [0.5, 0.6) is 0 Å². The number of benzene rings is 1. The SMILES string of the molecule is C[C@@]1(F)[C@H](O)[C@@H](CO[P@]2(=O)OCC[C@H](c3cc(F)cc(F)c3)O2)O[C@H]1n1ccc(=O)[nH]c1=O. The normalized spacial score (nSPS) is 34.5. The molecule has 180 valence electrons. The lowest BCUT2D eigenvalue weighted by Gasteiger charge is -2.30. The molecular weight excluding hydrogens is 472 g/mol. The van der Waals surface area contributed by atoms with Gasteiger partial charge in [-0.25, -0.2) is 22.5 Å². The van der Waals surface area contributed by atoms with Crippen LogP contribution in [0.3, 0.4) is 0 Å². The van der Waals surface area contributed by atoms with Gasteiger partial charge in [0.1, 0.15) is 23.8 Å². The van der Waals surface area contributed by atoms with Crippen molar-refractivity contribution >= 4 is 7.82 Å². The molecule has 10 nitrogen and oxygen atoms in total. The number of hydrogen-bond acceptors (Lipinski definition) is 8. The smallest absolute Gasteiger partial charge is 0.387 e. The van der Waals surface area contributed by atoms with Gasteiger partial charge in [0.15, 0.2) is 11.9 Å². The van der Waals surface area contributed by atoms with E-state index in [1.165, 1.54) is 0 Å². The highest BCUT2D eigenvalue weighted by molar-refractivity contribution is 7.48. The molecule has 0 radical (unpaired) electrons. The second-order valence-corrected chi connectivity index (χ2v) is 9.42. The summed E-state index contributed by atoms with van der Waals surface area (Å²) < 4.78 is 76.9. The van der Waals surface area contributed by atoms with Crippen LogP contribution in [0.2, 0.25) is 0 Å². The zero-order chi connectivity index (χ0) is 24.0. The van der Waals surface area contributed by atoms with E-state index >= 15 is 4.39 Å². The largest absolute Gasteiger partial charge is 0.475 e. The summed E-state index contributed by atoms with van der Waals surface area (Å²) in [7, 11) is -4.27. The van der Waals surface area contributed by atoms with E-state index in [4.69, 9.17) is 18.3 Å². The molecular formula is C19H20F3N2O8P. The summed E-state index contributed by atoms with van der Waals surface area (Å²) in [5, 5.41) is 10.4. The van der Waals surface area contributed by atoms with Crippen molar-refractivity contribution < 1.29 is 41.2 Å². The number of aromatic amines is 1. The van der Waals surface area contributed by atoms with Crippen LogP contribution in [-0.4, -0.2) is 45.7 Å². The number of H-pyrrole nitrogens is 1. The number of rotatable bonds is 5. The number of halogens is 3. The number of aliphatic hydroxyl groups excluding tert-OH is 1. The van der Waals surface area contributed by atoms with Crippen molar-refractivity contribution in [3.05, 3.63) is 68.5 Å². The van der Waals surface area contributed by atoms with Crippen molar-refractivity contribution in [2.75, 3.05) is 13.2 Å². The Morgan fingerprint density at radius 1 is 1.30 bits per heavy atom. The van der Waals surface area contributed by atoms with Gasteiger partial charge in [0.2, 0.25) is 0 Å². The van der Waals surface area contributed by atoms with E-state index in [9.17, 15) is 28.0 Å². The molecule has 2 aromatic rings. The Bertz CT molecular complexity index is 1180. The third kappa shape index (κ3) is 4.84. The van der Waals surface area contributed by atoms with Crippen LogP contribution < -0.4 is 11.2 Å². The predicted molar refractivity (Wildman–Crippen MR) is 105 cm³/mol. The van der Waals surface area contributed by atoms with Gasteiger partial charge >= 0.3 is 13.5 Å². The first-order valence-electron chi connectivity index (χ1n) is 9.86. The van der Waals surface area contributed by atoms with E-state index in [-0.39, 0.29) is 18.6 Å². The quantitative estimate of drug-likeness (QED) is 0.608. The molecule has 2 N–H and O–H groups in total. The van der Waals surface area contributed by atoms with Gasteiger partial charge < -0.3 is 9.84 Å². The van der Waals surface area contributed by atoms with E-state index in [2.05, 4.69) is 0 Å². The van der Waals surface area contributed by atoms with Gasteiger partial charge in [0.25, 0.3) is 5.56 Å². The van der Waals surface area contributed by atoms with E-state index in [0.29, 0.717) is 6.07 Å². The summed E-state index contributed by atoms with van der Waals surface area (Å²) in [4.78, 5) is 25.2. The Hall–Kier alpha value is -2.28. The van der Waals surface area contributed by atoms with Crippen molar-refractivity contribution in [2.45, 2.75) is 43.6 Å². The number of hydrogen-bond donors (Lipinski definition) is 2. The fraction of sp³-hybridized carbons (Fsp3) is 0.474. The van der Waals surface area contributed by atoms with Crippen molar-refractivity contribution in [3.63, 3.8) is 0 Å². The number of aromatic nitrogens is 2. The molecule has 2 aliphatic heterocycles. The van der Waals surface area contributed by atoms with Crippen LogP contribution in [0.1, 0.15) is 31.2 Å². The Kier molecular flexibility index (Phi) is 6.38. The monoisotopic (exact) mass is 492 g/mol. The molecule has 6 atom stereocenters. The minimum atomic E-state index is -4.27. The molecule has 14 heteroatoms. The average Bonchev–Trinajstić information content (AvgIpc) is 2.95. The first-order valence-corrected chi connectivity index (χ1v) is 11.3. The van der Waals surface area contributed by atoms with Crippen molar-refractivity contribution in [1.29, 1.82) is 0 Å². The fourth-order valence-electron chi connectivity index (χ4n) is 3.69.